The zero-order chi connectivity index (χ0) is 16.7. The fraction of sp³-hybridized carbons (Fsp3) is 0.316. The Labute approximate surface area is 138 Å². The van der Waals surface area contributed by atoms with Crippen molar-refractivity contribution in [2.75, 3.05) is 25.1 Å². The minimum absolute atomic E-state index is 0.0633. The molecule has 0 aliphatic carbocycles. The van der Waals surface area contributed by atoms with Crippen LogP contribution in [0.5, 0.6) is 5.75 Å². The molecule has 0 aliphatic rings. The lowest BCUT2D eigenvalue weighted by Gasteiger charge is -2.22. The third kappa shape index (κ3) is 4.74. The SMILES string of the molecule is CCN(C(=O)NCCc1ccc(OC)cc1)c1cccc(C)c1. The average Bonchev–Trinajstić information content (AvgIpc) is 2.56. The van der Waals surface area contributed by atoms with Crippen molar-refractivity contribution in [2.45, 2.75) is 20.3 Å². The van der Waals surface area contributed by atoms with Gasteiger partial charge in [0.25, 0.3) is 0 Å². The Bertz CT molecular complexity index is 638. The number of rotatable bonds is 6. The van der Waals surface area contributed by atoms with E-state index < -0.39 is 0 Å². The highest BCUT2D eigenvalue weighted by Gasteiger charge is 2.13. The van der Waals surface area contributed by atoms with Gasteiger partial charge in [0.2, 0.25) is 0 Å². The van der Waals surface area contributed by atoms with Crippen molar-refractivity contribution >= 4 is 11.7 Å². The highest BCUT2D eigenvalue weighted by molar-refractivity contribution is 5.91. The van der Waals surface area contributed by atoms with Crippen molar-refractivity contribution in [3.8, 4) is 5.75 Å². The maximum atomic E-state index is 12.4. The van der Waals surface area contributed by atoms with E-state index in [0.29, 0.717) is 13.1 Å². The smallest absolute Gasteiger partial charge is 0.321 e. The first-order chi connectivity index (χ1) is 11.1. The van der Waals surface area contributed by atoms with E-state index >= 15 is 0 Å². The highest BCUT2D eigenvalue weighted by Crippen LogP contribution is 2.16. The van der Waals surface area contributed by atoms with E-state index in [-0.39, 0.29) is 6.03 Å². The van der Waals surface area contributed by atoms with Gasteiger partial charge >= 0.3 is 6.03 Å². The second-order valence-corrected chi connectivity index (χ2v) is 5.41. The van der Waals surface area contributed by atoms with Crippen LogP contribution in [0.4, 0.5) is 10.5 Å². The first kappa shape index (κ1) is 16.9. The molecule has 0 bridgehead atoms. The van der Waals surface area contributed by atoms with Crippen LogP contribution in [0.3, 0.4) is 0 Å². The lowest BCUT2D eigenvalue weighted by atomic mass is 10.1. The number of benzene rings is 2. The zero-order valence-corrected chi connectivity index (χ0v) is 14.0. The van der Waals surface area contributed by atoms with Crippen LogP contribution in [-0.2, 0) is 6.42 Å². The minimum Gasteiger partial charge on any atom is -0.497 e. The van der Waals surface area contributed by atoms with Gasteiger partial charge in [0.15, 0.2) is 0 Å². The largest absolute Gasteiger partial charge is 0.497 e. The maximum absolute atomic E-state index is 12.4. The average molecular weight is 312 g/mol. The van der Waals surface area contributed by atoms with Gasteiger partial charge in [-0.15, -0.1) is 0 Å². The van der Waals surface area contributed by atoms with Crippen LogP contribution < -0.4 is 15.0 Å². The number of carbonyl (C=O) groups is 1. The van der Waals surface area contributed by atoms with Crippen LogP contribution in [0.25, 0.3) is 0 Å². The highest BCUT2D eigenvalue weighted by atomic mass is 16.5. The van der Waals surface area contributed by atoms with Crippen molar-refractivity contribution in [3.05, 3.63) is 59.7 Å². The summed E-state index contributed by atoms with van der Waals surface area (Å²) < 4.78 is 5.14. The number of urea groups is 1. The molecule has 0 unspecified atom stereocenters. The van der Waals surface area contributed by atoms with Crippen LogP contribution in [0, 0.1) is 6.92 Å². The minimum atomic E-state index is -0.0633. The van der Waals surface area contributed by atoms with Crippen molar-refractivity contribution in [1.29, 1.82) is 0 Å². The number of hydrogen-bond acceptors (Lipinski definition) is 2. The summed E-state index contributed by atoms with van der Waals surface area (Å²) >= 11 is 0. The van der Waals surface area contributed by atoms with Gasteiger partial charge in [-0.25, -0.2) is 4.79 Å². The number of carbonyl (C=O) groups excluding carboxylic acids is 1. The molecule has 122 valence electrons. The Morgan fingerprint density at radius 3 is 2.52 bits per heavy atom. The fourth-order valence-corrected chi connectivity index (χ4v) is 2.44. The Morgan fingerprint density at radius 1 is 1.17 bits per heavy atom. The molecular weight excluding hydrogens is 288 g/mol. The maximum Gasteiger partial charge on any atom is 0.321 e. The molecule has 0 aliphatic heterocycles. The third-order valence-electron chi connectivity index (χ3n) is 3.72. The van der Waals surface area contributed by atoms with Crippen LogP contribution in [-0.4, -0.2) is 26.2 Å². The normalized spacial score (nSPS) is 10.2. The molecule has 2 rings (SSSR count). The van der Waals surface area contributed by atoms with Crippen LogP contribution in [0.1, 0.15) is 18.1 Å². The molecule has 0 aromatic heterocycles. The standard InChI is InChI=1S/C19H24N2O2/c1-4-21(17-7-5-6-15(2)14-17)19(22)20-13-12-16-8-10-18(23-3)11-9-16/h5-11,14H,4,12-13H2,1-3H3,(H,20,22). The summed E-state index contributed by atoms with van der Waals surface area (Å²) in [5.74, 6) is 0.842. The van der Waals surface area contributed by atoms with Crippen LogP contribution in [0.2, 0.25) is 0 Å². The molecule has 4 heteroatoms. The summed E-state index contributed by atoms with van der Waals surface area (Å²) in [4.78, 5) is 14.1. The number of anilines is 1. The van der Waals surface area contributed by atoms with E-state index in [0.717, 1.165) is 23.4 Å². The summed E-state index contributed by atoms with van der Waals surface area (Å²) in [6.07, 6.45) is 0.793. The van der Waals surface area contributed by atoms with Gasteiger partial charge in [0.05, 0.1) is 7.11 Å². The Hall–Kier alpha value is -2.49. The lowest BCUT2D eigenvalue weighted by Crippen LogP contribution is -2.40. The molecule has 0 spiro atoms. The lowest BCUT2D eigenvalue weighted by molar-refractivity contribution is 0.246. The predicted molar refractivity (Wildman–Crippen MR) is 94.3 cm³/mol. The Morgan fingerprint density at radius 2 is 1.91 bits per heavy atom. The molecule has 4 nitrogen and oxygen atoms in total. The van der Waals surface area contributed by atoms with Crippen molar-refractivity contribution in [1.82, 2.24) is 5.32 Å². The molecule has 23 heavy (non-hydrogen) atoms. The van der Waals surface area contributed by atoms with Gasteiger partial charge in [0, 0.05) is 18.8 Å². The van der Waals surface area contributed by atoms with Crippen molar-refractivity contribution in [3.63, 3.8) is 0 Å². The summed E-state index contributed by atoms with van der Waals surface area (Å²) in [6, 6.07) is 15.8. The number of ether oxygens (including phenoxy) is 1. The second kappa shape index (κ2) is 8.22. The Balaban J connectivity index is 1.89. The molecule has 0 saturated carbocycles. The van der Waals surface area contributed by atoms with Gasteiger partial charge in [-0.3, -0.25) is 4.90 Å². The van der Waals surface area contributed by atoms with Gasteiger partial charge in [0.1, 0.15) is 5.75 Å². The number of aryl methyl sites for hydroxylation is 1. The molecule has 0 fully saturated rings. The molecule has 0 heterocycles. The van der Waals surface area contributed by atoms with E-state index in [9.17, 15) is 4.79 Å². The quantitative estimate of drug-likeness (QED) is 0.882. The zero-order valence-electron chi connectivity index (χ0n) is 14.0. The van der Waals surface area contributed by atoms with Crippen LogP contribution >= 0.6 is 0 Å². The summed E-state index contributed by atoms with van der Waals surface area (Å²) in [5.41, 5.74) is 3.24. The second-order valence-electron chi connectivity index (χ2n) is 5.41. The molecule has 0 saturated heterocycles. The van der Waals surface area contributed by atoms with E-state index in [1.165, 1.54) is 5.56 Å². The van der Waals surface area contributed by atoms with Gasteiger partial charge < -0.3 is 10.1 Å². The number of hydrogen-bond donors (Lipinski definition) is 1. The summed E-state index contributed by atoms with van der Waals surface area (Å²) in [7, 11) is 1.65. The van der Waals surface area contributed by atoms with Crippen LogP contribution in [0.15, 0.2) is 48.5 Å². The summed E-state index contributed by atoms with van der Waals surface area (Å²) in [6.45, 7) is 5.25. The van der Waals surface area contributed by atoms with Crippen molar-refractivity contribution in [2.24, 2.45) is 0 Å². The van der Waals surface area contributed by atoms with Gasteiger partial charge in [-0.2, -0.15) is 0 Å². The van der Waals surface area contributed by atoms with E-state index in [1.54, 1.807) is 12.0 Å². The fourth-order valence-electron chi connectivity index (χ4n) is 2.44. The van der Waals surface area contributed by atoms with E-state index in [2.05, 4.69) is 5.32 Å². The molecule has 2 aromatic rings. The number of amides is 2. The topological polar surface area (TPSA) is 41.6 Å². The van der Waals surface area contributed by atoms with E-state index in [4.69, 9.17) is 4.74 Å². The third-order valence-corrected chi connectivity index (χ3v) is 3.72. The summed E-state index contributed by atoms with van der Waals surface area (Å²) in [5, 5.41) is 2.98. The van der Waals surface area contributed by atoms with E-state index in [1.807, 2.05) is 62.4 Å². The van der Waals surface area contributed by atoms with Gasteiger partial charge in [-0.05, 0) is 55.7 Å². The molecular formula is C19H24N2O2. The number of nitrogens with zero attached hydrogens (tertiary/aromatic N) is 1. The number of nitrogens with one attached hydrogen (secondary N) is 1. The monoisotopic (exact) mass is 312 g/mol. The molecule has 1 N–H and O–H groups in total. The molecule has 0 atom stereocenters. The molecule has 0 radical (unpaired) electrons. The number of methoxy groups -OCH3 is 1. The molecule has 2 amide bonds. The molecule has 2 aromatic carbocycles. The predicted octanol–water partition coefficient (Wildman–Crippen LogP) is 3.78. The Kier molecular flexibility index (Phi) is 6.03. The first-order valence-electron chi connectivity index (χ1n) is 7.89. The van der Waals surface area contributed by atoms with Gasteiger partial charge in [-0.1, -0.05) is 24.3 Å². The first-order valence-corrected chi connectivity index (χ1v) is 7.89. The van der Waals surface area contributed by atoms with Crippen molar-refractivity contribution < 1.29 is 9.53 Å².